The molecule has 0 aliphatic carbocycles. The molecule has 0 radical (unpaired) electrons. The van der Waals surface area contributed by atoms with Crippen LogP contribution in [0.3, 0.4) is 0 Å². The maximum atomic E-state index is 6.44. The Kier molecular flexibility index (Phi) is 7.98. The number of nitrogens with zero attached hydrogens (tertiary/aromatic N) is 1. The first-order chi connectivity index (χ1) is 13.8. The number of imidazole rings is 1. The maximum absolute atomic E-state index is 6.44. The van der Waals surface area contributed by atoms with Crippen LogP contribution in [-0.4, -0.2) is 16.5 Å². The van der Waals surface area contributed by atoms with Crippen LogP contribution in [0.1, 0.15) is 51.9 Å². The number of aromatic nitrogens is 2. The van der Waals surface area contributed by atoms with E-state index in [2.05, 4.69) is 40.4 Å². The summed E-state index contributed by atoms with van der Waals surface area (Å²) in [7, 11) is 0. The van der Waals surface area contributed by atoms with Gasteiger partial charge in [-0.1, -0.05) is 87.4 Å². The van der Waals surface area contributed by atoms with Gasteiger partial charge in [-0.05, 0) is 30.2 Å². The van der Waals surface area contributed by atoms with Crippen LogP contribution in [-0.2, 0) is 0 Å². The van der Waals surface area contributed by atoms with E-state index in [0.29, 0.717) is 5.02 Å². The summed E-state index contributed by atoms with van der Waals surface area (Å²) in [5.41, 5.74) is 4.12. The molecule has 0 saturated carbocycles. The number of anilines is 1. The van der Waals surface area contributed by atoms with Gasteiger partial charge in [0.25, 0.3) is 0 Å². The first-order valence-corrected chi connectivity index (χ1v) is 10.8. The van der Waals surface area contributed by atoms with Gasteiger partial charge in [0.15, 0.2) is 0 Å². The van der Waals surface area contributed by atoms with E-state index in [1.165, 1.54) is 44.9 Å². The molecular weight excluding hydrogens is 366 g/mol. The van der Waals surface area contributed by atoms with Crippen molar-refractivity contribution in [3.05, 3.63) is 59.8 Å². The van der Waals surface area contributed by atoms with E-state index in [1.807, 2.05) is 36.5 Å². The van der Waals surface area contributed by atoms with Crippen molar-refractivity contribution in [2.75, 3.05) is 11.9 Å². The summed E-state index contributed by atoms with van der Waals surface area (Å²) >= 11 is 6.44. The van der Waals surface area contributed by atoms with Crippen LogP contribution in [0.25, 0.3) is 22.6 Å². The number of halogens is 1. The van der Waals surface area contributed by atoms with Gasteiger partial charge in [0.05, 0.1) is 16.9 Å². The molecule has 0 aliphatic rings. The van der Waals surface area contributed by atoms with Crippen molar-refractivity contribution >= 4 is 17.3 Å². The molecule has 0 aliphatic heterocycles. The van der Waals surface area contributed by atoms with E-state index in [0.717, 1.165) is 34.9 Å². The van der Waals surface area contributed by atoms with Gasteiger partial charge >= 0.3 is 0 Å². The van der Waals surface area contributed by atoms with Gasteiger partial charge < -0.3 is 10.3 Å². The fraction of sp³-hybridized carbons (Fsp3) is 0.375. The average molecular weight is 396 g/mol. The van der Waals surface area contributed by atoms with Crippen molar-refractivity contribution in [3.63, 3.8) is 0 Å². The summed E-state index contributed by atoms with van der Waals surface area (Å²) in [5, 5.41) is 4.23. The highest BCUT2D eigenvalue weighted by Crippen LogP contribution is 2.30. The van der Waals surface area contributed by atoms with Crippen molar-refractivity contribution < 1.29 is 0 Å². The number of unbranched alkanes of at least 4 members (excludes halogenated alkanes) is 6. The quantitative estimate of drug-likeness (QED) is 0.329. The summed E-state index contributed by atoms with van der Waals surface area (Å²) in [5.74, 6) is 0.795. The maximum Gasteiger partial charge on any atom is 0.139 e. The molecule has 0 unspecified atom stereocenters. The minimum atomic E-state index is 0.704. The molecule has 0 spiro atoms. The molecule has 0 amide bonds. The molecule has 0 saturated heterocycles. The molecule has 148 valence electrons. The van der Waals surface area contributed by atoms with Crippen LogP contribution in [0.4, 0.5) is 5.69 Å². The molecule has 3 nitrogen and oxygen atoms in total. The lowest BCUT2D eigenvalue weighted by Crippen LogP contribution is -2.01. The third-order valence-electron chi connectivity index (χ3n) is 4.99. The largest absolute Gasteiger partial charge is 0.385 e. The van der Waals surface area contributed by atoms with Gasteiger partial charge in [-0.15, -0.1) is 0 Å². The highest BCUT2D eigenvalue weighted by atomic mass is 35.5. The van der Waals surface area contributed by atoms with Crippen LogP contribution in [0.5, 0.6) is 0 Å². The Balaban J connectivity index is 1.56. The van der Waals surface area contributed by atoms with Crippen molar-refractivity contribution in [3.8, 4) is 22.6 Å². The summed E-state index contributed by atoms with van der Waals surface area (Å²) < 4.78 is 0. The van der Waals surface area contributed by atoms with Crippen LogP contribution in [0.2, 0.25) is 5.02 Å². The molecule has 28 heavy (non-hydrogen) atoms. The number of nitrogens with one attached hydrogen (secondary N) is 2. The smallest absolute Gasteiger partial charge is 0.139 e. The number of H-pyrrole nitrogens is 1. The monoisotopic (exact) mass is 395 g/mol. The zero-order valence-corrected chi connectivity index (χ0v) is 17.4. The number of hydrogen-bond acceptors (Lipinski definition) is 2. The number of hydrogen-bond donors (Lipinski definition) is 2. The molecule has 0 fully saturated rings. The van der Waals surface area contributed by atoms with Gasteiger partial charge in [0.2, 0.25) is 0 Å². The van der Waals surface area contributed by atoms with Crippen LogP contribution < -0.4 is 5.32 Å². The van der Waals surface area contributed by atoms with Crippen LogP contribution in [0.15, 0.2) is 54.7 Å². The van der Waals surface area contributed by atoms with E-state index in [1.54, 1.807) is 0 Å². The van der Waals surface area contributed by atoms with Crippen molar-refractivity contribution in [1.82, 2.24) is 9.97 Å². The zero-order chi connectivity index (χ0) is 19.6. The van der Waals surface area contributed by atoms with Crippen molar-refractivity contribution in [1.29, 1.82) is 0 Å². The number of rotatable bonds is 11. The predicted molar refractivity (Wildman–Crippen MR) is 121 cm³/mol. The summed E-state index contributed by atoms with van der Waals surface area (Å²) in [6, 6.07) is 16.3. The van der Waals surface area contributed by atoms with E-state index in [9.17, 15) is 0 Å². The second-order valence-corrected chi connectivity index (χ2v) is 7.66. The fourth-order valence-corrected chi connectivity index (χ4v) is 3.56. The first kappa shape index (κ1) is 20.5. The standard InChI is InChI=1S/C24H30ClN3/c1-2-3-4-5-6-7-11-16-26-20-14-15-22(25)21(17-20)24-27-18-23(28-24)19-12-9-8-10-13-19/h8-10,12-15,17-18,26H,2-7,11,16H2,1H3,(H,27,28). The fourth-order valence-electron chi connectivity index (χ4n) is 3.35. The Morgan fingerprint density at radius 2 is 1.68 bits per heavy atom. The SMILES string of the molecule is CCCCCCCCCNc1ccc(Cl)c(-c2ncc(-c3ccccc3)[nH]2)c1. The van der Waals surface area contributed by atoms with E-state index >= 15 is 0 Å². The summed E-state index contributed by atoms with van der Waals surface area (Å²) in [6.07, 6.45) is 11.1. The Labute approximate surface area is 173 Å². The van der Waals surface area contributed by atoms with Gasteiger partial charge in [-0.2, -0.15) is 0 Å². The second kappa shape index (κ2) is 10.9. The second-order valence-electron chi connectivity index (χ2n) is 7.25. The Morgan fingerprint density at radius 1 is 0.929 bits per heavy atom. The molecule has 2 aromatic carbocycles. The Bertz CT molecular complexity index is 842. The van der Waals surface area contributed by atoms with Gasteiger partial charge in [0.1, 0.15) is 5.82 Å². The predicted octanol–water partition coefficient (Wildman–Crippen LogP) is 7.56. The lowest BCUT2D eigenvalue weighted by Gasteiger charge is -2.09. The lowest BCUT2D eigenvalue weighted by molar-refractivity contribution is 0.596. The number of benzene rings is 2. The molecule has 0 atom stereocenters. The van der Waals surface area contributed by atoms with Gasteiger partial charge in [0, 0.05) is 17.8 Å². The van der Waals surface area contributed by atoms with Gasteiger partial charge in [-0.3, -0.25) is 0 Å². The molecule has 3 aromatic rings. The third kappa shape index (κ3) is 5.87. The minimum absolute atomic E-state index is 0.704. The molecular formula is C24H30ClN3. The minimum Gasteiger partial charge on any atom is -0.385 e. The molecule has 0 bridgehead atoms. The van der Waals surface area contributed by atoms with E-state index < -0.39 is 0 Å². The van der Waals surface area contributed by atoms with Crippen LogP contribution in [0, 0.1) is 0 Å². The van der Waals surface area contributed by atoms with E-state index in [-0.39, 0.29) is 0 Å². The zero-order valence-electron chi connectivity index (χ0n) is 16.7. The molecule has 3 rings (SSSR count). The number of aromatic amines is 1. The molecule has 2 N–H and O–H groups in total. The molecule has 1 aromatic heterocycles. The molecule has 1 heterocycles. The normalized spacial score (nSPS) is 10.9. The highest BCUT2D eigenvalue weighted by molar-refractivity contribution is 6.33. The lowest BCUT2D eigenvalue weighted by atomic mass is 10.1. The van der Waals surface area contributed by atoms with Gasteiger partial charge in [-0.25, -0.2) is 4.98 Å². The van der Waals surface area contributed by atoms with Crippen molar-refractivity contribution in [2.24, 2.45) is 0 Å². The first-order valence-electron chi connectivity index (χ1n) is 10.4. The van der Waals surface area contributed by atoms with E-state index in [4.69, 9.17) is 11.6 Å². The van der Waals surface area contributed by atoms with Crippen molar-refractivity contribution in [2.45, 2.75) is 51.9 Å². The summed E-state index contributed by atoms with van der Waals surface area (Å²) in [6.45, 7) is 3.25. The third-order valence-corrected chi connectivity index (χ3v) is 5.32. The average Bonchev–Trinajstić information content (AvgIpc) is 3.22. The topological polar surface area (TPSA) is 40.7 Å². The Hall–Kier alpha value is -2.26. The Morgan fingerprint density at radius 3 is 2.46 bits per heavy atom. The molecule has 4 heteroatoms. The summed E-state index contributed by atoms with van der Waals surface area (Å²) in [4.78, 5) is 7.93. The van der Waals surface area contributed by atoms with Crippen LogP contribution >= 0.6 is 11.6 Å². The highest BCUT2D eigenvalue weighted by Gasteiger charge is 2.10.